The summed E-state index contributed by atoms with van der Waals surface area (Å²) in [5, 5.41) is 3.38. The molecule has 1 aliphatic heterocycles. The van der Waals surface area contributed by atoms with Gasteiger partial charge >= 0.3 is 5.97 Å². The van der Waals surface area contributed by atoms with Gasteiger partial charge < -0.3 is 19.5 Å². The Hall–Kier alpha value is -3.54. The molecule has 1 N–H and O–H groups in total. The Bertz CT molecular complexity index is 1190. The van der Waals surface area contributed by atoms with Crippen molar-refractivity contribution in [1.82, 2.24) is 5.32 Å². The number of rotatable bonds is 7. The second kappa shape index (κ2) is 9.98. The standard InChI is InChI=1S/C29H33NO5/c1-18-25(28(32)35-14-13-19-9-7-6-8-10-19)26(21-12-11-20(33-4)15-24(21)34-5)27-22(30-18)16-29(2,3)17-23(27)31/h6-12,15,26,30H,13-14,16-17H2,1-5H3. The smallest absolute Gasteiger partial charge is 0.336 e. The molecule has 1 aliphatic carbocycles. The molecule has 0 spiro atoms. The summed E-state index contributed by atoms with van der Waals surface area (Å²) >= 11 is 0. The highest BCUT2D eigenvalue weighted by Gasteiger charge is 2.44. The molecule has 1 heterocycles. The highest BCUT2D eigenvalue weighted by Crippen LogP contribution is 2.49. The lowest BCUT2D eigenvalue weighted by Crippen LogP contribution is -2.38. The Labute approximate surface area is 207 Å². The summed E-state index contributed by atoms with van der Waals surface area (Å²) < 4.78 is 16.8. The zero-order valence-electron chi connectivity index (χ0n) is 21.1. The van der Waals surface area contributed by atoms with Crippen LogP contribution < -0.4 is 14.8 Å². The van der Waals surface area contributed by atoms with Gasteiger partial charge in [-0.1, -0.05) is 50.2 Å². The molecule has 1 unspecified atom stereocenters. The van der Waals surface area contributed by atoms with Crippen molar-refractivity contribution in [3.8, 4) is 11.5 Å². The average Bonchev–Trinajstić information content (AvgIpc) is 2.82. The third-order valence-electron chi connectivity index (χ3n) is 6.68. The fraction of sp³-hybridized carbons (Fsp3) is 0.379. The van der Waals surface area contributed by atoms with Crippen molar-refractivity contribution in [3.05, 3.63) is 82.2 Å². The van der Waals surface area contributed by atoms with E-state index in [1.807, 2.05) is 49.4 Å². The largest absolute Gasteiger partial charge is 0.497 e. The number of esters is 1. The zero-order chi connectivity index (χ0) is 25.2. The van der Waals surface area contributed by atoms with Crippen LogP contribution in [0, 0.1) is 5.41 Å². The monoisotopic (exact) mass is 475 g/mol. The van der Waals surface area contributed by atoms with E-state index in [9.17, 15) is 9.59 Å². The van der Waals surface area contributed by atoms with E-state index in [4.69, 9.17) is 14.2 Å². The number of Topliss-reactive ketones (excluding diaryl/α,β-unsaturated/α-hetero) is 1. The van der Waals surface area contributed by atoms with E-state index in [2.05, 4.69) is 19.2 Å². The van der Waals surface area contributed by atoms with Crippen molar-refractivity contribution in [2.45, 2.75) is 46.0 Å². The number of ketones is 1. The van der Waals surface area contributed by atoms with Gasteiger partial charge in [0.1, 0.15) is 11.5 Å². The van der Waals surface area contributed by atoms with Crippen molar-refractivity contribution in [1.29, 1.82) is 0 Å². The van der Waals surface area contributed by atoms with Crippen LogP contribution in [0.3, 0.4) is 0 Å². The SMILES string of the molecule is COc1ccc(C2C(C(=O)OCCc3ccccc3)=C(C)NC3=C2C(=O)CC(C)(C)C3)c(OC)c1. The van der Waals surface area contributed by atoms with Gasteiger partial charge in [-0.15, -0.1) is 0 Å². The van der Waals surface area contributed by atoms with Gasteiger partial charge in [0.25, 0.3) is 0 Å². The fourth-order valence-electron chi connectivity index (χ4n) is 5.06. The van der Waals surface area contributed by atoms with E-state index in [1.54, 1.807) is 20.3 Å². The summed E-state index contributed by atoms with van der Waals surface area (Å²) in [5.74, 6) is 0.215. The molecule has 35 heavy (non-hydrogen) atoms. The summed E-state index contributed by atoms with van der Waals surface area (Å²) in [6.45, 7) is 6.29. The summed E-state index contributed by atoms with van der Waals surface area (Å²) in [6, 6.07) is 15.4. The molecule has 0 radical (unpaired) electrons. The molecule has 0 fully saturated rings. The van der Waals surface area contributed by atoms with E-state index < -0.39 is 11.9 Å². The third-order valence-corrected chi connectivity index (χ3v) is 6.68. The normalized spacial score (nSPS) is 19.1. The van der Waals surface area contributed by atoms with Gasteiger partial charge in [0, 0.05) is 41.4 Å². The van der Waals surface area contributed by atoms with Gasteiger partial charge in [-0.05, 0) is 30.4 Å². The molecule has 0 saturated carbocycles. The molecule has 6 nitrogen and oxygen atoms in total. The van der Waals surface area contributed by atoms with Crippen LogP contribution in [0.5, 0.6) is 11.5 Å². The number of benzene rings is 2. The first-order valence-corrected chi connectivity index (χ1v) is 11.9. The molecule has 4 rings (SSSR count). The summed E-state index contributed by atoms with van der Waals surface area (Å²) in [4.78, 5) is 27.0. The second-order valence-corrected chi connectivity index (χ2v) is 9.91. The van der Waals surface area contributed by atoms with Crippen LogP contribution in [0.25, 0.3) is 0 Å². The Morgan fingerprint density at radius 3 is 2.49 bits per heavy atom. The van der Waals surface area contributed by atoms with Gasteiger partial charge in [0.05, 0.1) is 32.3 Å². The molecular formula is C29H33NO5. The first-order valence-electron chi connectivity index (χ1n) is 11.9. The minimum atomic E-state index is -0.583. The third kappa shape index (κ3) is 5.11. The molecule has 0 saturated heterocycles. The Morgan fingerprint density at radius 1 is 1.06 bits per heavy atom. The lowest BCUT2D eigenvalue weighted by molar-refractivity contribution is -0.139. The molecule has 0 amide bonds. The van der Waals surface area contributed by atoms with E-state index in [0.717, 1.165) is 23.2 Å². The highest BCUT2D eigenvalue weighted by atomic mass is 16.5. The molecule has 1 atom stereocenters. The summed E-state index contributed by atoms with van der Waals surface area (Å²) in [7, 11) is 3.17. The maximum absolute atomic E-state index is 13.5. The van der Waals surface area contributed by atoms with E-state index in [1.165, 1.54) is 0 Å². The number of hydrogen-bond donors (Lipinski definition) is 1. The minimum absolute atomic E-state index is 0.0358. The van der Waals surface area contributed by atoms with Crippen LogP contribution in [0.4, 0.5) is 0 Å². The first kappa shape index (κ1) is 24.6. The number of carbonyl (C=O) groups excluding carboxylic acids is 2. The Kier molecular flexibility index (Phi) is 7.01. The van der Waals surface area contributed by atoms with Crippen LogP contribution in [-0.2, 0) is 20.7 Å². The maximum atomic E-state index is 13.5. The number of hydrogen-bond acceptors (Lipinski definition) is 6. The lowest BCUT2D eigenvalue weighted by Gasteiger charge is -2.39. The van der Waals surface area contributed by atoms with Crippen LogP contribution in [-0.4, -0.2) is 32.6 Å². The molecule has 2 aliphatic rings. The lowest BCUT2D eigenvalue weighted by atomic mass is 9.68. The van der Waals surface area contributed by atoms with E-state index in [-0.39, 0.29) is 17.8 Å². The molecule has 6 heteroatoms. The predicted octanol–water partition coefficient (Wildman–Crippen LogP) is 5.09. The summed E-state index contributed by atoms with van der Waals surface area (Å²) in [6.07, 6.45) is 1.75. The van der Waals surface area contributed by atoms with Crippen molar-refractivity contribution < 1.29 is 23.8 Å². The van der Waals surface area contributed by atoms with Gasteiger partial charge in [-0.2, -0.15) is 0 Å². The second-order valence-electron chi connectivity index (χ2n) is 9.91. The van der Waals surface area contributed by atoms with Gasteiger partial charge in [-0.25, -0.2) is 4.79 Å². The quantitative estimate of drug-likeness (QED) is 0.562. The molecule has 184 valence electrons. The summed E-state index contributed by atoms with van der Waals surface area (Å²) in [5.41, 5.74) is 4.29. The predicted molar refractivity (Wildman–Crippen MR) is 134 cm³/mol. The first-order chi connectivity index (χ1) is 16.7. The van der Waals surface area contributed by atoms with Crippen LogP contribution >= 0.6 is 0 Å². The van der Waals surface area contributed by atoms with Crippen molar-refractivity contribution in [3.63, 3.8) is 0 Å². The highest BCUT2D eigenvalue weighted by molar-refractivity contribution is 6.04. The topological polar surface area (TPSA) is 73.9 Å². The minimum Gasteiger partial charge on any atom is -0.497 e. The number of methoxy groups -OCH3 is 2. The fourth-order valence-corrected chi connectivity index (χ4v) is 5.06. The van der Waals surface area contributed by atoms with Gasteiger partial charge in [0.2, 0.25) is 0 Å². The number of dihydropyridines is 1. The number of ether oxygens (including phenoxy) is 3. The Balaban J connectivity index is 1.73. The Morgan fingerprint density at radius 2 is 1.80 bits per heavy atom. The van der Waals surface area contributed by atoms with E-state index in [0.29, 0.717) is 41.2 Å². The van der Waals surface area contributed by atoms with E-state index >= 15 is 0 Å². The van der Waals surface area contributed by atoms with Gasteiger partial charge in [0.15, 0.2) is 5.78 Å². The van der Waals surface area contributed by atoms with Crippen LogP contribution in [0.15, 0.2) is 71.1 Å². The molecule has 2 aromatic rings. The van der Waals surface area contributed by atoms with Crippen molar-refractivity contribution in [2.75, 3.05) is 20.8 Å². The van der Waals surface area contributed by atoms with Crippen LogP contribution in [0.1, 0.15) is 50.7 Å². The molecule has 0 aromatic heterocycles. The van der Waals surface area contributed by atoms with Crippen LogP contribution in [0.2, 0.25) is 0 Å². The van der Waals surface area contributed by atoms with Crippen molar-refractivity contribution >= 4 is 11.8 Å². The van der Waals surface area contributed by atoms with Gasteiger partial charge in [-0.3, -0.25) is 4.79 Å². The maximum Gasteiger partial charge on any atom is 0.336 e. The number of allylic oxidation sites excluding steroid dienone is 3. The average molecular weight is 476 g/mol. The molecule has 0 bridgehead atoms. The number of nitrogens with one attached hydrogen (secondary N) is 1. The molecular weight excluding hydrogens is 442 g/mol. The number of carbonyl (C=O) groups is 2. The zero-order valence-corrected chi connectivity index (χ0v) is 21.1. The van der Waals surface area contributed by atoms with Crippen molar-refractivity contribution in [2.24, 2.45) is 5.41 Å². The molecule has 2 aromatic carbocycles.